The molecule has 9 heteroatoms. The smallest absolute Gasteiger partial charge is 0.264 e. The molecule has 8 nitrogen and oxygen atoms in total. The Morgan fingerprint density at radius 3 is 2.61 bits per heavy atom. The second kappa shape index (κ2) is 6.97. The highest BCUT2D eigenvalue weighted by Gasteiger charge is 2.31. The molecule has 0 bridgehead atoms. The standard InChI is InChI=1S/C19H22N4O4S/c1-11-16(19-22-21-18(27-19)13-7-6-8-13)17(12(2)20-11)28(24,25)23-14-9-4-5-10-15(14)26-3/h4-5,9-10,13,20,23H,6-8H2,1-3H3. The number of hydrogen-bond acceptors (Lipinski definition) is 6. The number of methoxy groups -OCH3 is 1. The van der Waals surface area contributed by atoms with Crippen LogP contribution in [-0.4, -0.2) is 30.7 Å². The number of hydrogen-bond donors (Lipinski definition) is 2. The molecule has 2 aromatic heterocycles. The fraction of sp³-hybridized carbons (Fsp3) is 0.368. The Kier molecular flexibility index (Phi) is 4.62. The highest BCUT2D eigenvalue weighted by Crippen LogP contribution is 2.39. The number of aromatic nitrogens is 3. The van der Waals surface area contributed by atoms with Crippen molar-refractivity contribution in [3.05, 3.63) is 41.5 Å². The van der Waals surface area contributed by atoms with Crippen LogP contribution >= 0.6 is 0 Å². The predicted octanol–water partition coefficient (Wildman–Crippen LogP) is 3.76. The number of sulfonamides is 1. The second-order valence-electron chi connectivity index (χ2n) is 6.96. The minimum Gasteiger partial charge on any atom is -0.495 e. The quantitative estimate of drug-likeness (QED) is 0.650. The van der Waals surface area contributed by atoms with E-state index < -0.39 is 10.0 Å². The van der Waals surface area contributed by atoms with Crippen molar-refractivity contribution in [1.82, 2.24) is 15.2 Å². The summed E-state index contributed by atoms with van der Waals surface area (Å²) in [7, 11) is -2.44. The number of aryl methyl sites for hydroxylation is 2. The van der Waals surface area contributed by atoms with Crippen LogP contribution in [0.4, 0.5) is 5.69 Å². The van der Waals surface area contributed by atoms with E-state index in [2.05, 4.69) is 19.9 Å². The molecule has 0 amide bonds. The van der Waals surface area contributed by atoms with Crippen LogP contribution in [0.15, 0.2) is 33.6 Å². The number of ether oxygens (including phenoxy) is 1. The Bertz CT molecular complexity index is 1110. The van der Waals surface area contributed by atoms with E-state index in [1.54, 1.807) is 38.1 Å². The summed E-state index contributed by atoms with van der Waals surface area (Å²) in [4.78, 5) is 3.18. The van der Waals surface area contributed by atoms with E-state index in [-0.39, 0.29) is 16.7 Å². The van der Waals surface area contributed by atoms with E-state index in [0.29, 0.717) is 34.3 Å². The summed E-state index contributed by atoms with van der Waals surface area (Å²) in [5.74, 6) is 1.49. The first-order valence-electron chi connectivity index (χ1n) is 9.09. The Morgan fingerprint density at radius 2 is 1.93 bits per heavy atom. The zero-order chi connectivity index (χ0) is 19.9. The van der Waals surface area contributed by atoms with Gasteiger partial charge < -0.3 is 14.1 Å². The second-order valence-corrected chi connectivity index (χ2v) is 8.58. The van der Waals surface area contributed by atoms with Crippen molar-refractivity contribution in [2.24, 2.45) is 0 Å². The van der Waals surface area contributed by atoms with Gasteiger partial charge in [0, 0.05) is 17.3 Å². The Hall–Kier alpha value is -2.81. The van der Waals surface area contributed by atoms with Gasteiger partial charge in [-0.05, 0) is 38.8 Å². The highest BCUT2D eigenvalue weighted by atomic mass is 32.2. The number of aromatic amines is 1. The van der Waals surface area contributed by atoms with Crippen LogP contribution in [0.5, 0.6) is 5.75 Å². The zero-order valence-corrected chi connectivity index (χ0v) is 16.8. The molecule has 0 aliphatic heterocycles. The average Bonchev–Trinajstić information content (AvgIpc) is 3.17. The van der Waals surface area contributed by atoms with Gasteiger partial charge in [-0.15, -0.1) is 10.2 Å². The first kappa shape index (κ1) is 18.5. The van der Waals surface area contributed by atoms with Crippen LogP contribution in [0.2, 0.25) is 0 Å². The molecule has 0 saturated heterocycles. The molecule has 4 rings (SSSR count). The van der Waals surface area contributed by atoms with E-state index in [1.807, 2.05) is 0 Å². The van der Waals surface area contributed by atoms with Crippen LogP contribution in [0.25, 0.3) is 11.5 Å². The number of nitrogens with zero attached hydrogens (tertiary/aromatic N) is 2. The monoisotopic (exact) mass is 402 g/mol. The van der Waals surface area contributed by atoms with Crippen molar-refractivity contribution in [1.29, 1.82) is 0 Å². The number of para-hydroxylation sites is 2. The maximum atomic E-state index is 13.2. The number of rotatable bonds is 6. The topological polar surface area (TPSA) is 110 Å². The van der Waals surface area contributed by atoms with Gasteiger partial charge in [-0.25, -0.2) is 8.42 Å². The first-order chi connectivity index (χ1) is 13.4. The summed E-state index contributed by atoms with van der Waals surface area (Å²) in [6, 6.07) is 6.84. The van der Waals surface area contributed by atoms with Gasteiger partial charge in [0.05, 0.1) is 18.4 Å². The molecule has 1 aliphatic rings. The zero-order valence-electron chi connectivity index (χ0n) is 15.9. The third-order valence-corrected chi connectivity index (χ3v) is 6.58. The van der Waals surface area contributed by atoms with E-state index in [4.69, 9.17) is 9.15 Å². The fourth-order valence-corrected chi connectivity index (χ4v) is 4.96. The van der Waals surface area contributed by atoms with Gasteiger partial charge in [-0.2, -0.15) is 0 Å². The lowest BCUT2D eigenvalue weighted by Gasteiger charge is -2.20. The van der Waals surface area contributed by atoms with Gasteiger partial charge in [0.1, 0.15) is 10.6 Å². The molecule has 0 atom stereocenters. The van der Waals surface area contributed by atoms with Crippen molar-refractivity contribution in [2.45, 2.75) is 43.9 Å². The number of benzene rings is 1. The lowest BCUT2D eigenvalue weighted by Crippen LogP contribution is -2.15. The van der Waals surface area contributed by atoms with Crippen molar-refractivity contribution in [3.63, 3.8) is 0 Å². The van der Waals surface area contributed by atoms with E-state index in [1.165, 1.54) is 7.11 Å². The Morgan fingerprint density at radius 1 is 1.18 bits per heavy atom. The Balaban J connectivity index is 1.76. The van der Waals surface area contributed by atoms with Crippen molar-refractivity contribution >= 4 is 15.7 Å². The average molecular weight is 402 g/mol. The van der Waals surface area contributed by atoms with Gasteiger partial charge in [-0.3, -0.25) is 4.72 Å². The number of anilines is 1. The van der Waals surface area contributed by atoms with Crippen molar-refractivity contribution in [3.8, 4) is 17.2 Å². The van der Waals surface area contributed by atoms with E-state index >= 15 is 0 Å². The maximum Gasteiger partial charge on any atom is 0.264 e. The lowest BCUT2D eigenvalue weighted by molar-refractivity contribution is 0.338. The van der Waals surface area contributed by atoms with Crippen molar-refractivity contribution in [2.75, 3.05) is 11.8 Å². The normalized spacial score (nSPS) is 14.7. The molecular formula is C19H22N4O4S. The highest BCUT2D eigenvalue weighted by molar-refractivity contribution is 7.93. The molecule has 1 aromatic carbocycles. The van der Waals surface area contributed by atoms with Crippen molar-refractivity contribution < 1.29 is 17.6 Å². The summed E-state index contributed by atoms with van der Waals surface area (Å²) in [5, 5.41) is 8.26. The predicted molar refractivity (Wildman–Crippen MR) is 104 cm³/mol. The summed E-state index contributed by atoms with van der Waals surface area (Å²) >= 11 is 0. The maximum absolute atomic E-state index is 13.2. The molecular weight excluding hydrogens is 380 g/mol. The summed E-state index contributed by atoms with van der Waals surface area (Å²) in [5.41, 5.74) is 1.91. The SMILES string of the molecule is COc1ccccc1NS(=O)(=O)c1c(C)[nH]c(C)c1-c1nnc(C2CCC2)o1. The molecule has 0 spiro atoms. The molecule has 2 heterocycles. The van der Waals surface area contributed by atoms with Crippen LogP contribution in [0.3, 0.4) is 0 Å². The van der Waals surface area contributed by atoms with Gasteiger partial charge in [-0.1, -0.05) is 18.6 Å². The van der Waals surface area contributed by atoms with Crippen LogP contribution in [0.1, 0.15) is 42.5 Å². The molecule has 28 heavy (non-hydrogen) atoms. The van der Waals surface area contributed by atoms with Gasteiger partial charge in [0.15, 0.2) is 0 Å². The minimum absolute atomic E-state index is 0.0970. The first-order valence-corrected chi connectivity index (χ1v) is 10.6. The molecule has 2 N–H and O–H groups in total. The van der Waals surface area contributed by atoms with E-state index in [9.17, 15) is 8.42 Å². The van der Waals surface area contributed by atoms with Gasteiger partial charge in [0.2, 0.25) is 5.89 Å². The van der Waals surface area contributed by atoms with Crippen LogP contribution in [0, 0.1) is 13.8 Å². The number of nitrogens with one attached hydrogen (secondary N) is 2. The minimum atomic E-state index is -3.93. The molecule has 3 aromatic rings. The van der Waals surface area contributed by atoms with Crippen LogP contribution < -0.4 is 9.46 Å². The molecule has 148 valence electrons. The third-order valence-electron chi connectivity index (χ3n) is 5.05. The largest absolute Gasteiger partial charge is 0.495 e. The molecule has 1 fully saturated rings. The summed E-state index contributed by atoms with van der Waals surface area (Å²) in [6.45, 7) is 3.49. The summed E-state index contributed by atoms with van der Waals surface area (Å²) in [6.07, 6.45) is 3.19. The van der Waals surface area contributed by atoms with E-state index in [0.717, 1.165) is 19.3 Å². The van der Waals surface area contributed by atoms with Gasteiger partial charge in [0.25, 0.3) is 15.9 Å². The Labute approximate surface area is 163 Å². The summed E-state index contributed by atoms with van der Waals surface area (Å²) < 4.78 is 40.2. The number of H-pyrrole nitrogens is 1. The molecule has 0 radical (unpaired) electrons. The molecule has 1 saturated carbocycles. The lowest BCUT2D eigenvalue weighted by atomic mass is 9.85. The fourth-order valence-electron chi connectivity index (χ4n) is 3.43. The third kappa shape index (κ3) is 3.15. The molecule has 0 unspecified atom stereocenters. The van der Waals surface area contributed by atoms with Crippen LogP contribution in [-0.2, 0) is 10.0 Å². The molecule has 1 aliphatic carbocycles. The van der Waals surface area contributed by atoms with Gasteiger partial charge >= 0.3 is 0 Å².